The number of alkyl halides is 3. The standard InChI is InChI=1S/C14H14BrF3N4S/c15-12-2-1-10(23-12)9-21-5-7-22(8-6-21)13-19-4-3-11(20-13)14(16,17)18/h1-4H,5-9H2. The fourth-order valence-corrected chi connectivity index (χ4v) is 3.95. The largest absolute Gasteiger partial charge is 0.433 e. The van der Waals surface area contributed by atoms with E-state index < -0.39 is 11.9 Å². The summed E-state index contributed by atoms with van der Waals surface area (Å²) in [6.45, 7) is 3.64. The first-order valence-corrected chi connectivity index (χ1v) is 8.64. The fourth-order valence-electron chi connectivity index (χ4n) is 2.42. The molecule has 23 heavy (non-hydrogen) atoms. The number of aromatic nitrogens is 2. The van der Waals surface area contributed by atoms with Gasteiger partial charge in [-0.05, 0) is 34.1 Å². The van der Waals surface area contributed by atoms with E-state index in [2.05, 4.69) is 36.9 Å². The van der Waals surface area contributed by atoms with Crippen molar-refractivity contribution in [2.75, 3.05) is 31.1 Å². The topological polar surface area (TPSA) is 32.3 Å². The highest BCUT2D eigenvalue weighted by Gasteiger charge is 2.33. The summed E-state index contributed by atoms with van der Waals surface area (Å²) in [5, 5.41) is 0. The number of halogens is 4. The highest BCUT2D eigenvalue weighted by molar-refractivity contribution is 9.11. The summed E-state index contributed by atoms with van der Waals surface area (Å²) in [5.74, 6) is 0.151. The molecule has 0 radical (unpaired) electrons. The van der Waals surface area contributed by atoms with E-state index in [9.17, 15) is 13.2 Å². The molecule has 1 saturated heterocycles. The maximum Gasteiger partial charge on any atom is 0.433 e. The van der Waals surface area contributed by atoms with E-state index in [-0.39, 0.29) is 5.95 Å². The number of hydrogen-bond donors (Lipinski definition) is 0. The molecule has 2 aromatic heterocycles. The van der Waals surface area contributed by atoms with Gasteiger partial charge in [-0.3, -0.25) is 4.90 Å². The minimum absolute atomic E-state index is 0.151. The van der Waals surface area contributed by atoms with E-state index in [0.29, 0.717) is 13.1 Å². The minimum Gasteiger partial charge on any atom is -0.338 e. The van der Waals surface area contributed by atoms with Gasteiger partial charge in [0.25, 0.3) is 0 Å². The summed E-state index contributed by atoms with van der Waals surface area (Å²) in [5.41, 5.74) is -0.895. The highest BCUT2D eigenvalue weighted by atomic mass is 79.9. The fraction of sp³-hybridized carbons (Fsp3) is 0.429. The van der Waals surface area contributed by atoms with Crippen LogP contribution < -0.4 is 4.90 Å². The lowest BCUT2D eigenvalue weighted by molar-refractivity contribution is -0.141. The molecule has 0 saturated carbocycles. The van der Waals surface area contributed by atoms with Crippen LogP contribution in [0.1, 0.15) is 10.6 Å². The van der Waals surface area contributed by atoms with Gasteiger partial charge < -0.3 is 4.90 Å². The van der Waals surface area contributed by atoms with Gasteiger partial charge in [-0.25, -0.2) is 9.97 Å². The van der Waals surface area contributed by atoms with Gasteiger partial charge >= 0.3 is 6.18 Å². The number of nitrogens with zero attached hydrogens (tertiary/aromatic N) is 4. The van der Waals surface area contributed by atoms with Gasteiger partial charge in [0.2, 0.25) is 5.95 Å². The third kappa shape index (κ3) is 4.21. The molecule has 3 heterocycles. The van der Waals surface area contributed by atoms with Gasteiger partial charge in [0.05, 0.1) is 3.79 Å². The van der Waals surface area contributed by atoms with E-state index in [1.807, 2.05) is 6.07 Å². The number of thiophene rings is 1. The predicted molar refractivity (Wildman–Crippen MR) is 86.5 cm³/mol. The van der Waals surface area contributed by atoms with Crippen LogP contribution in [0.5, 0.6) is 0 Å². The molecular weight excluding hydrogens is 393 g/mol. The van der Waals surface area contributed by atoms with Crippen molar-refractivity contribution < 1.29 is 13.2 Å². The van der Waals surface area contributed by atoms with Crippen LogP contribution in [0.4, 0.5) is 19.1 Å². The van der Waals surface area contributed by atoms with Crippen LogP contribution in [-0.2, 0) is 12.7 Å². The van der Waals surface area contributed by atoms with Crippen LogP contribution in [0.25, 0.3) is 0 Å². The van der Waals surface area contributed by atoms with Crippen LogP contribution in [-0.4, -0.2) is 41.0 Å². The zero-order chi connectivity index (χ0) is 16.4. The van der Waals surface area contributed by atoms with Gasteiger partial charge in [-0.1, -0.05) is 0 Å². The molecule has 0 spiro atoms. The normalized spacial score (nSPS) is 16.8. The molecular formula is C14H14BrF3N4S. The lowest BCUT2D eigenvalue weighted by Gasteiger charge is -2.34. The molecule has 9 heteroatoms. The van der Waals surface area contributed by atoms with E-state index >= 15 is 0 Å². The second-order valence-electron chi connectivity index (χ2n) is 5.21. The summed E-state index contributed by atoms with van der Waals surface area (Å²) in [6, 6.07) is 5.00. The van der Waals surface area contributed by atoms with Gasteiger partial charge in [0, 0.05) is 43.8 Å². The molecule has 124 valence electrons. The Bertz CT molecular complexity index is 668. The van der Waals surface area contributed by atoms with Gasteiger partial charge in [-0.2, -0.15) is 13.2 Å². The smallest absolute Gasteiger partial charge is 0.338 e. The molecule has 0 aromatic carbocycles. The zero-order valence-electron chi connectivity index (χ0n) is 12.1. The Balaban J connectivity index is 1.60. The summed E-state index contributed by atoms with van der Waals surface area (Å²) in [7, 11) is 0. The molecule has 1 fully saturated rings. The van der Waals surface area contributed by atoms with Gasteiger partial charge in [-0.15, -0.1) is 11.3 Å². The molecule has 2 aromatic rings. The predicted octanol–water partition coefficient (Wildman–Crippen LogP) is 3.64. The van der Waals surface area contributed by atoms with Crippen LogP contribution in [0.2, 0.25) is 0 Å². The lowest BCUT2D eigenvalue weighted by atomic mass is 10.3. The molecule has 0 atom stereocenters. The van der Waals surface area contributed by atoms with E-state index in [0.717, 1.165) is 29.5 Å². The average Bonchev–Trinajstić information content (AvgIpc) is 2.92. The Morgan fingerprint density at radius 3 is 2.48 bits per heavy atom. The number of anilines is 1. The third-order valence-corrected chi connectivity index (χ3v) is 5.21. The summed E-state index contributed by atoms with van der Waals surface area (Å²) in [4.78, 5) is 13.0. The Morgan fingerprint density at radius 1 is 1.13 bits per heavy atom. The first-order chi connectivity index (χ1) is 10.9. The van der Waals surface area contributed by atoms with Crippen molar-refractivity contribution in [3.8, 4) is 0 Å². The Morgan fingerprint density at radius 2 is 1.87 bits per heavy atom. The average molecular weight is 407 g/mol. The van der Waals surface area contributed by atoms with E-state index in [1.165, 1.54) is 11.1 Å². The van der Waals surface area contributed by atoms with Crippen molar-refractivity contribution in [3.63, 3.8) is 0 Å². The maximum atomic E-state index is 12.7. The quantitative estimate of drug-likeness (QED) is 0.778. The molecule has 0 amide bonds. The summed E-state index contributed by atoms with van der Waals surface area (Å²) in [6.07, 6.45) is -3.27. The first-order valence-electron chi connectivity index (χ1n) is 7.03. The van der Waals surface area contributed by atoms with Gasteiger partial charge in [0.1, 0.15) is 5.69 Å². The molecule has 4 nitrogen and oxygen atoms in total. The summed E-state index contributed by atoms with van der Waals surface area (Å²) < 4.78 is 39.3. The molecule has 0 bridgehead atoms. The lowest BCUT2D eigenvalue weighted by Crippen LogP contribution is -2.46. The minimum atomic E-state index is -4.44. The molecule has 0 unspecified atom stereocenters. The van der Waals surface area contributed by atoms with Crippen LogP contribution in [0.3, 0.4) is 0 Å². The summed E-state index contributed by atoms with van der Waals surface area (Å²) >= 11 is 5.14. The van der Waals surface area contributed by atoms with E-state index in [4.69, 9.17) is 0 Å². The van der Waals surface area contributed by atoms with Gasteiger partial charge in [0.15, 0.2) is 0 Å². The molecule has 1 aliphatic heterocycles. The van der Waals surface area contributed by atoms with Crippen LogP contribution in [0.15, 0.2) is 28.2 Å². The van der Waals surface area contributed by atoms with E-state index in [1.54, 1.807) is 16.2 Å². The van der Waals surface area contributed by atoms with Crippen molar-refractivity contribution in [2.45, 2.75) is 12.7 Å². The SMILES string of the molecule is FC(F)(F)c1ccnc(N2CCN(Cc3ccc(Br)s3)CC2)n1. The van der Waals surface area contributed by atoms with Crippen molar-refractivity contribution >= 4 is 33.2 Å². The monoisotopic (exact) mass is 406 g/mol. The zero-order valence-corrected chi connectivity index (χ0v) is 14.5. The molecule has 1 aliphatic rings. The van der Waals surface area contributed by atoms with Crippen molar-refractivity contribution in [3.05, 3.63) is 38.8 Å². The van der Waals surface area contributed by atoms with Crippen LogP contribution in [0, 0.1) is 0 Å². The van der Waals surface area contributed by atoms with Crippen molar-refractivity contribution in [1.82, 2.24) is 14.9 Å². The van der Waals surface area contributed by atoms with Crippen molar-refractivity contribution in [1.29, 1.82) is 0 Å². The number of rotatable bonds is 3. The highest BCUT2D eigenvalue weighted by Crippen LogP contribution is 2.28. The first kappa shape index (κ1) is 16.7. The molecule has 3 rings (SSSR count). The third-order valence-electron chi connectivity index (χ3n) is 3.60. The number of piperazine rings is 1. The molecule has 0 N–H and O–H groups in total. The Labute approximate surface area is 144 Å². The second kappa shape index (κ2) is 6.74. The Kier molecular flexibility index (Phi) is 4.88. The Hall–Kier alpha value is -1.19. The molecule has 0 aliphatic carbocycles. The number of hydrogen-bond acceptors (Lipinski definition) is 5. The van der Waals surface area contributed by atoms with Crippen molar-refractivity contribution in [2.24, 2.45) is 0 Å². The second-order valence-corrected chi connectivity index (χ2v) is 7.76. The maximum absolute atomic E-state index is 12.7. The van der Waals surface area contributed by atoms with Crippen LogP contribution >= 0.6 is 27.3 Å².